The second-order valence-electron chi connectivity index (χ2n) is 11.8. The number of aromatic nitrogens is 4. The lowest BCUT2D eigenvalue weighted by atomic mass is 9.78. The van der Waals surface area contributed by atoms with Crippen LogP contribution in [-0.4, -0.2) is 83.7 Å². The van der Waals surface area contributed by atoms with Gasteiger partial charge in [-0.2, -0.15) is 13.2 Å². The zero-order valence-electron chi connectivity index (χ0n) is 24.5. The number of nitrogens with zero attached hydrogens (tertiary/aromatic N) is 4. The second kappa shape index (κ2) is 12.6. The highest BCUT2D eigenvalue weighted by molar-refractivity contribution is 8.18. The van der Waals surface area contributed by atoms with Gasteiger partial charge in [0.15, 0.2) is 17.5 Å². The Morgan fingerprint density at radius 3 is 2.30 bits per heavy atom. The van der Waals surface area contributed by atoms with Gasteiger partial charge in [0.25, 0.3) is 0 Å². The number of hydrogen-bond acceptors (Lipinski definition) is 7. The van der Waals surface area contributed by atoms with E-state index in [1.807, 2.05) is 0 Å². The van der Waals surface area contributed by atoms with Gasteiger partial charge in [-0.3, -0.25) is 4.98 Å². The average molecular weight is 685 g/mol. The molecule has 1 aliphatic heterocycles. The monoisotopic (exact) mass is 684 g/mol. The minimum Gasteiger partial charge on any atom is -0.395 e. The number of methoxy groups -OCH3 is 1. The Morgan fingerprint density at radius 1 is 1.11 bits per heavy atom. The standard InChI is InChI=1S/C29H32F8N4O4S/c1-14-16(29(35,36)37)3-8-38-23(14)26(27(44)4-6-28(33,34)7-5-27)46-13-20(45-2)24(25(43)21(46)12-42)41-11-19(39-40-41)15-9-17(30)22(32)18(31)10-15/h3,8-11,20-21,24-26,42-44,46H,4-7,12-13H2,1-2H3/t20-,21+,24+,25-,26?/m0/s1. The van der Waals surface area contributed by atoms with E-state index in [4.69, 9.17) is 4.74 Å². The molecule has 0 bridgehead atoms. The fraction of sp³-hybridized carbons (Fsp3) is 0.552. The first kappa shape index (κ1) is 34.5. The number of hydrogen-bond donors (Lipinski definition) is 4. The molecule has 8 nitrogen and oxygen atoms in total. The van der Waals surface area contributed by atoms with Crippen molar-refractivity contribution < 1.29 is 55.2 Å². The molecule has 0 radical (unpaired) electrons. The number of rotatable bonds is 7. The van der Waals surface area contributed by atoms with E-state index >= 15 is 0 Å². The predicted molar refractivity (Wildman–Crippen MR) is 151 cm³/mol. The molecule has 2 aromatic heterocycles. The maximum Gasteiger partial charge on any atom is 0.416 e. The zero-order chi connectivity index (χ0) is 33.8. The van der Waals surface area contributed by atoms with Gasteiger partial charge in [-0.1, -0.05) is 5.21 Å². The molecule has 2 unspecified atom stereocenters. The molecule has 3 N–H and O–H groups in total. The van der Waals surface area contributed by atoms with E-state index in [2.05, 4.69) is 15.3 Å². The molecule has 1 saturated carbocycles. The number of ether oxygens (including phenoxy) is 1. The Labute approximate surface area is 260 Å². The van der Waals surface area contributed by atoms with Crippen LogP contribution in [0.3, 0.4) is 0 Å². The lowest BCUT2D eigenvalue weighted by molar-refractivity contribution is -0.138. The van der Waals surface area contributed by atoms with Gasteiger partial charge in [-0.25, -0.2) is 37.5 Å². The molecule has 46 heavy (non-hydrogen) atoms. The van der Waals surface area contributed by atoms with Gasteiger partial charge < -0.3 is 20.1 Å². The van der Waals surface area contributed by atoms with E-state index in [0.29, 0.717) is 12.1 Å². The van der Waals surface area contributed by atoms with E-state index in [0.717, 1.165) is 16.9 Å². The van der Waals surface area contributed by atoms with Crippen molar-refractivity contribution in [3.05, 3.63) is 64.9 Å². The Balaban J connectivity index is 1.57. The van der Waals surface area contributed by atoms with Crippen LogP contribution in [0, 0.1) is 24.4 Å². The van der Waals surface area contributed by atoms with Crippen molar-refractivity contribution in [3.8, 4) is 11.3 Å². The van der Waals surface area contributed by atoms with Crippen LogP contribution in [-0.2, 0) is 10.9 Å². The SMILES string of the molecule is CO[C@H]1C[SH](C(c2nccc(C(F)(F)F)c2C)C2(O)CCC(F)(F)CC2)[C@H](CO)[C@H](O)[C@@H]1n1cc(-c2cc(F)c(F)c(F)c2)nn1. The number of pyridine rings is 1. The van der Waals surface area contributed by atoms with Crippen molar-refractivity contribution in [2.75, 3.05) is 19.5 Å². The summed E-state index contributed by atoms with van der Waals surface area (Å²) in [6.45, 7) is 0.466. The highest BCUT2D eigenvalue weighted by Gasteiger charge is 2.55. The molecule has 5 rings (SSSR count). The van der Waals surface area contributed by atoms with Crippen LogP contribution >= 0.6 is 10.9 Å². The van der Waals surface area contributed by atoms with Crippen LogP contribution in [0.2, 0.25) is 0 Å². The largest absolute Gasteiger partial charge is 0.416 e. The number of aliphatic hydroxyl groups excluding tert-OH is 2. The molecule has 1 saturated heterocycles. The Hall–Kier alpha value is -2.86. The van der Waals surface area contributed by atoms with Crippen molar-refractivity contribution in [3.63, 3.8) is 0 Å². The molecule has 254 valence electrons. The summed E-state index contributed by atoms with van der Waals surface area (Å²) >= 11 is 0. The minimum atomic E-state index is -4.79. The van der Waals surface area contributed by atoms with Crippen molar-refractivity contribution in [1.29, 1.82) is 0 Å². The first-order valence-corrected chi connectivity index (χ1v) is 15.9. The van der Waals surface area contributed by atoms with Gasteiger partial charge in [0.05, 0.1) is 47.1 Å². The maximum atomic E-state index is 14.3. The van der Waals surface area contributed by atoms with Gasteiger partial charge >= 0.3 is 6.18 Å². The van der Waals surface area contributed by atoms with Crippen LogP contribution in [0.5, 0.6) is 0 Å². The smallest absolute Gasteiger partial charge is 0.395 e. The molecule has 0 amide bonds. The average Bonchev–Trinajstić information content (AvgIpc) is 3.47. The topological polar surface area (TPSA) is 114 Å². The van der Waals surface area contributed by atoms with E-state index in [1.165, 1.54) is 20.2 Å². The molecule has 17 heteroatoms. The van der Waals surface area contributed by atoms with Crippen LogP contribution in [0.25, 0.3) is 11.3 Å². The van der Waals surface area contributed by atoms with Crippen molar-refractivity contribution in [2.24, 2.45) is 0 Å². The summed E-state index contributed by atoms with van der Waals surface area (Å²) in [6, 6.07) is 1.09. The summed E-state index contributed by atoms with van der Waals surface area (Å²) in [5.74, 6) is -7.75. The van der Waals surface area contributed by atoms with Crippen LogP contribution in [0.4, 0.5) is 35.1 Å². The van der Waals surface area contributed by atoms with Crippen molar-refractivity contribution in [2.45, 2.75) is 79.1 Å². The number of benzene rings is 1. The van der Waals surface area contributed by atoms with Gasteiger partial charge in [0.2, 0.25) is 5.92 Å². The summed E-state index contributed by atoms with van der Waals surface area (Å²) in [4.78, 5) is 4.21. The third kappa shape index (κ3) is 6.35. The fourth-order valence-electron chi connectivity index (χ4n) is 6.58. The number of halogens is 8. The molecule has 1 aromatic carbocycles. The third-order valence-electron chi connectivity index (χ3n) is 9.02. The second-order valence-corrected chi connectivity index (χ2v) is 14.3. The fourth-order valence-corrected chi connectivity index (χ4v) is 10.5. The first-order chi connectivity index (χ1) is 21.5. The molecular weight excluding hydrogens is 652 g/mol. The number of thiol groups is 1. The molecule has 3 heterocycles. The first-order valence-electron chi connectivity index (χ1n) is 14.3. The number of aliphatic hydroxyl groups is 3. The third-order valence-corrected chi connectivity index (χ3v) is 12.5. The van der Waals surface area contributed by atoms with Crippen LogP contribution in [0.1, 0.15) is 53.8 Å². The Morgan fingerprint density at radius 2 is 1.74 bits per heavy atom. The minimum absolute atomic E-state index is 0.0471. The molecular formula is C29H32F8N4O4S. The lowest BCUT2D eigenvalue weighted by Crippen LogP contribution is -2.54. The van der Waals surface area contributed by atoms with E-state index < -0.39 is 113 Å². The quantitative estimate of drug-likeness (QED) is 0.156. The van der Waals surface area contributed by atoms with Crippen LogP contribution < -0.4 is 0 Å². The normalized spacial score (nSPS) is 27.8. The number of alkyl halides is 5. The summed E-state index contributed by atoms with van der Waals surface area (Å²) < 4.78 is 118. The predicted octanol–water partition coefficient (Wildman–Crippen LogP) is 5.06. The summed E-state index contributed by atoms with van der Waals surface area (Å²) in [5.41, 5.74) is -3.71. The van der Waals surface area contributed by atoms with E-state index in [9.17, 15) is 50.4 Å². The van der Waals surface area contributed by atoms with E-state index in [1.54, 1.807) is 0 Å². The zero-order valence-corrected chi connectivity index (χ0v) is 25.4. The maximum absolute atomic E-state index is 14.3. The van der Waals surface area contributed by atoms with Gasteiger partial charge in [0, 0.05) is 42.7 Å². The van der Waals surface area contributed by atoms with Crippen molar-refractivity contribution in [1.82, 2.24) is 20.0 Å². The van der Waals surface area contributed by atoms with Crippen molar-refractivity contribution >= 4 is 10.9 Å². The highest BCUT2D eigenvalue weighted by atomic mass is 32.2. The summed E-state index contributed by atoms with van der Waals surface area (Å²) in [7, 11) is -0.655. The van der Waals surface area contributed by atoms with Crippen LogP contribution in [0.15, 0.2) is 30.6 Å². The molecule has 3 aromatic rings. The molecule has 1 aliphatic carbocycles. The molecule has 2 aliphatic rings. The Bertz CT molecular complexity index is 1540. The Kier molecular flexibility index (Phi) is 9.47. The van der Waals surface area contributed by atoms with Gasteiger partial charge in [0.1, 0.15) is 11.7 Å². The van der Waals surface area contributed by atoms with Gasteiger partial charge in [-0.05, 0) is 43.5 Å². The summed E-state index contributed by atoms with van der Waals surface area (Å²) in [5, 5.41) is 39.7. The molecule has 2 fully saturated rings. The molecule has 6 atom stereocenters. The lowest BCUT2D eigenvalue weighted by Gasteiger charge is -2.53. The highest BCUT2D eigenvalue weighted by Crippen LogP contribution is 2.61. The van der Waals surface area contributed by atoms with E-state index in [-0.39, 0.29) is 28.3 Å². The summed E-state index contributed by atoms with van der Waals surface area (Å²) in [6.07, 6.45) is -7.52. The van der Waals surface area contributed by atoms with Gasteiger partial charge in [-0.15, -0.1) is 5.10 Å². The molecule has 0 spiro atoms.